The summed E-state index contributed by atoms with van der Waals surface area (Å²) in [5, 5.41) is 1.12. The highest BCUT2D eigenvalue weighted by molar-refractivity contribution is 6.42. The van der Waals surface area contributed by atoms with Crippen LogP contribution in [0.4, 0.5) is 0 Å². The van der Waals surface area contributed by atoms with Gasteiger partial charge in [0.2, 0.25) is 0 Å². The highest BCUT2D eigenvalue weighted by Gasteiger charge is 2.30. The normalized spacial score (nSPS) is 21.5. The molecule has 24 heavy (non-hydrogen) atoms. The number of fused-ring (bicyclic) bond motifs is 2. The number of benzene rings is 2. The number of piperazine rings is 1. The van der Waals surface area contributed by atoms with Gasteiger partial charge in [0.25, 0.3) is 0 Å². The Morgan fingerprint density at radius 2 is 1.67 bits per heavy atom. The SMILES string of the molecule is CN1CCN(C2Cc3ccccc3Oc3cc(Cl)c(Cl)cc32)CC1. The molecule has 1 saturated heterocycles. The van der Waals surface area contributed by atoms with Crippen molar-refractivity contribution >= 4 is 23.2 Å². The summed E-state index contributed by atoms with van der Waals surface area (Å²) in [6, 6.07) is 12.3. The Kier molecular flexibility index (Phi) is 4.44. The molecule has 0 bridgehead atoms. The molecule has 0 aromatic heterocycles. The number of hydrogen-bond donors (Lipinski definition) is 0. The molecule has 2 aliphatic rings. The van der Waals surface area contributed by atoms with Gasteiger partial charge in [-0.1, -0.05) is 41.4 Å². The van der Waals surface area contributed by atoms with Gasteiger partial charge in [-0.3, -0.25) is 4.90 Å². The van der Waals surface area contributed by atoms with Crippen LogP contribution in [0.3, 0.4) is 0 Å². The van der Waals surface area contributed by atoms with Gasteiger partial charge >= 0.3 is 0 Å². The minimum absolute atomic E-state index is 0.257. The van der Waals surface area contributed by atoms with Crippen LogP contribution < -0.4 is 4.74 Å². The summed E-state index contributed by atoms with van der Waals surface area (Å²) in [4.78, 5) is 4.90. The van der Waals surface area contributed by atoms with Crippen LogP contribution in [0.15, 0.2) is 36.4 Å². The highest BCUT2D eigenvalue weighted by Crippen LogP contribution is 2.44. The number of halogens is 2. The van der Waals surface area contributed by atoms with Crippen LogP contribution in [0.25, 0.3) is 0 Å². The van der Waals surface area contributed by atoms with E-state index in [2.05, 4.69) is 29.0 Å². The molecular formula is C19H20Cl2N2O. The molecule has 2 aliphatic heterocycles. The summed E-state index contributed by atoms with van der Waals surface area (Å²) < 4.78 is 6.20. The third kappa shape index (κ3) is 3.02. The van der Waals surface area contributed by atoms with Gasteiger partial charge in [0.05, 0.1) is 10.0 Å². The summed E-state index contributed by atoms with van der Waals surface area (Å²) in [6.07, 6.45) is 0.921. The Hall–Kier alpha value is -1.26. The molecule has 0 saturated carbocycles. The van der Waals surface area contributed by atoms with Crippen molar-refractivity contribution < 1.29 is 4.74 Å². The predicted molar refractivity (Wildman–Crippen MR) is 98.5 cm³/mol. The zero-order valence-electron chi connectivity index (χ0n) is 13.6. The first-order valence-electron chi connectivity index (χ1n) is 8.29. The smallest absolute Gasteiger partial charge is 0.133 e. The van der Waals surface area contributed by atoms with Crippen molar-refractivity contribution in [2.24, 2.45) is 0 Å². The van der Waals surface area contributed by atoms with Gasteiger partial charge in [-0.2, -0.15) is 0 Å². The minimum Gasteiger partial charge on any atom is -0.457 e. The van der Waals surface area contributed by atoms with Crippen molar-refractivity contribution in [3.8, 4) is 11.5 Å². The lowest BCUT2D eigenvalue weighted by Crippen LogP contribution is -2.46. The van der Waals surface area contributed by atoms with E-state index >= 15 is 0 Å². The van der Waals surface area contributed by atoms with Gasteiger partial charge < -0.3 is 9.64 Å². The Morgan fingerprint density at radius 3 is 2.46 bits per heavy atom. The van der Waals surface area contributed by atoms with Crippen molar-refractivity contribution in [1.29, 1.82) is 0 Å². The van der Waals surface area contributed by atoms with Crippen molar-refractivity contribution in [2.75, 3.05) is 33.2 Å². The second-order valence-electron chi connectivity index (χ2n) is 6.57. The van der Waals surface area contributed by atoms with Crippen LogP contribution in [-0.4, -0.2) is 43.0 Å². The van der Waals surface area contributed by atoms with Crippen LogP contribution in [0.5, 0.6) is 11.5 Å². The number of hydrogen-bond acceptors (Lipinski definition) is 3. The van der Waals surface area contributed by atoms with E-state index in [1.807, 2.05) is 24.3 Å². The Morgan fingerprint density at radius 1 is 0.958 bits per heavy atom. The highest BCUT2D eigenvalue weighted by atomic mass is 35.5. The zero-order valence-corrected chi connectivity index (χ0v) is 15.1. The van der Waals surface area contributed by atoms with Crippen LogP contribution in [-0.2, 0) is 6.42 Å². The van der Waals surface area contributed by atoms with E-state index < -0.39 is 0 Å². The molecule has 2 aromatic rings. The Balaban J connectivity index is 1.79. The summed E-state index contributed by atoms with van der Waals surface area (Å²) in [7, 11) is 2.17. The van der Waals surface area contributed by atoms with E-state index in [0.717, 1.165) is 49.7 Å². The summed E-state index contributed by atoms with van der Waals surface area (Å²) in [5.41, 5.74) is 2.36. The molecular weight excluding hydrogens is 343 g/mol. The van der Waals surface area contributed by atoms with Gasteiger partial charge in [0, 0.05) is 43.9 Å². The van der Waals surface area contributed by atoms with E-state index in [1.165, 1.54) is 5.56 Å². The average Bonchev–Trinajstić information content (AvgIpc) is 2.73. The molecule has 0 radical (unpaired) electrons. The second-order valence-corrected chi connectivity index (χ2v) is 7.39. The maximum Gasteiger partial charge on any atom is 0.133 e. The van der Waals surface area contributed by atoms with E-state index in [0.29, 0.717) is 10.0 Å². The maximum atomic E-state index is 6.32. The van der Waals surface area contributed by atoms with E-state index in [4.69, 9.17) is 27.9 Å². The van der Waals surface area contributed by atoms with Gasteiger partial charge in [0.1, 0.15) is 11.5 Å². The molecule has 0 N–H and O–H groups in total. The number of likely N-dealkylation sites (N-methyl/N-ethyl adjacent to an activating group) is 1. The second kappa shape index (κ2) is 6.57. The fourth-order valence-electron chi connectivity index (χ4n) is 3.56. The zero-order chi connectivity index (χ0) is 16.7. The molecule has 3 nitrogen and oxygen atoms in total. The van der Waals surface area contributed by atoms with Gasteiger partial charge in [-0.15, -0.1) is 0 Å². The third-order valence-corrected chi connectivity index (χ3v) is 5.72. The molecule has 5 heteroatoms. The molecule has 126 valence electrons. The Labute approximate surface area is 152 Å². The van der Waals surface area contributed by atoms with Crippen LogP contribution in [0.1, 0.15) is 17.2 Å². The van der Waals surface area contributed by atoms with Crippen LogP contribution in [0.2, 0.25) is 10.0 Å². The van der Waals surface area contributed by atoms with Gasteiger partial charge in [0.15, 0.2) is 0 Å². The molecule has 1 fully saturated rings. The Bertz CT molecular complexity index is 757. The van der Waals surface area contributed by atoms with Crippen molar-refractivity contribution in [2.45, 2.75) is 12.5 Å². The quantitative estimate of drug-likeness (QED) is 0.735. The predicted octanol–water partition coefficient (Wildman–Crippen LogP) is 4.63. The van der Waals surface area contributed by atoms with Crippen molar-refractivity contribution in [3.63, 3.8) is 0 Å². The first-order valence-corrected chi connectivity index (χ1v) is 9.04. The number of rotatable bonds is 1. The first kappa shape index (κ1) is 16.2. The summed E-state index contributed by atoms with van der Waals surface area (Å²) in [6.45, 7) is 4.25. The van der Waals surface area contributed by atoms with Crippen molar-refractivity contribution in [1.82, 2.24) is 9.80 Å². The van der Waals surface area contributed by atoms with Crippen LogP contribution in [0, 0.1) is 0 Å². The molecule has 0 amide bonds. The largest absolute Gasteiger partial charge is 0.457 e. The summed E-state index contributed by atoms with van der Waals surface area (Å²) in [5.74, 6) is 1.73. The van der Waals surface area contributed by atoms with E-state index in [9.17, 15) is 0 Å². The van der Waals surface area contributed by atoms with Crippen LogP contribution >= 0.6 is 23.2 Å². The fourth-order valence-corrected chi connectivity index (χ4v) is 3.89. The molecule has 2 heterocycles. The lowest BCUT2D eigenvalue weighted by molar-refractivity contribution is 0.111. The number of nitrogens with zero attached hydrogens (tertiary/aromatic N) is 2. The van der Waals surface area contributed by atoms with Crippen molar-refractivity contribution in [3.05, 3.63) is 57.6 Å². The summed E-state index contributed by atoms with van der Waals surface area (Å²) >= 11 is 12.6. The lowest BCUT2D eigenvalue weighted by Gasteiger charge is -2.38. The van der Waals surface area contributed by atoms with Gasteiger partial charge in [-0.05, 0) is 31.2 Å². The monoisotopic (exact) mass is 362 g/mol. The number of ether oxygens (including phenoxy) is 1. The van der Waals surface area contributed by atoms with E-state index in [1.54, 1.807) is 0 Å². The number of para-hydroxylation sites is 1. The molecule has 1 atom stereocenters. The first-order chi connectivity index (χ1) is 11.6. The third-order valence-electron chi connectivity index (χ3n) is 5.00. The molecule has 0 spiro atoms. The average molecular weight is 363 g/mol. The lowest BCUT2D eigenvalue weighted by atomic mass is 9.96. The van der Waals surface area contributed by atoms with Gasteiger partial charge in [-0.25, -0.2) is 0 Å². The molecule has 1 unspecified atom stereocenters. The topological polar surface area (TPSA) is 15.7 Å². The fraction of sp³-hybridized carbons (Fsp3) is 0.368. The molecule has 4 rings (SSSR count). The van der Waals surface area contributed by atoms with E-state index in [-0.39, 0.29) is 6.04 Å². The maximum absolute atomic E-state index is 6.32. The molecule has 0 aliphatic carbocycles. The standard InChI is InChI=1S/C19H20Cl2N2O/c1-22-6-8-23(9-7-22)17-10-13-4-2-3-5-18(13)24-19-12-16(21)15(20)11-14(17)19/h2-5,11-12,17H,6-10H2,1H3. The molecule has 2 aromatic carbocycles. The minimum atomic E-state index is 0.257.